The topological polar surface area (TPSA) is 49.8 Å². The van der Waals surface area contributed by atoms with Crippen molar-refractivity contribution in [2.24, 2.45) is 0 Å². The van der Waals surface area contributed by atoms with Gasteiger partial charge >= 0.3 is 0 Å². The second-order valence-electron chi connectivity index (χ2n) is 3.64. The Hall–Kier alpha value is -2.01. The molecule has 5 heteroatoms. The van der Waals surface area contributed by atoms with Gasteiger partial charge in [0.05, 0.1) is 11.9 Å². The summed E-state index contributed by atoms with van der Waals surface area (Å²) in [6.07, 6.45) is 1.64. The molecule has 0 radical (unpaired) electrons. The van der Waals surface area contributed by atoms with E-state index in [-0.39, 0.29) is 0 Å². The molecule has 0 spiro atoms. The molecule has 1 aromatic heterocycles. The number of nitrogens with one attached hydrogen (secondary N) is 2. The van der Waals surface area contributed by atoms with Crippen LogP contribution in [0.5, 0.6) is 0 Å². The monoisotopic (exact) mass is 258 g/mol. The Kier molecular flexibility index (Phi) is 4.20. The fourth-order valence-electron chi connectivity index (χ4n) is 1.57. The molecule has 0 unspecified atom stereocenters. The molecule has 0 aliphatic rings. The first kappa shape index (κ1) is 12.4. The molecule has 2 N–H and O–H groups in total. The summed E-state index contributed by atoms with van der Waals surface area (Å²) >= 11 is 5.17. The van der Waals surface area contributed by atoms with E-state index in [0.29, 0.717) is 5.11 Å². The molecular weight excluding hydrogens is 244 g/mol. The molecule has 92 valence electrons. The van der Waals surface area contributed by atoms with Crippen molar-refractivity contribution in [2.75, 3.05) is 11.9 Å². The number of thiocarbonyl (C=S) groups is 1. The van der Waals surface area contributed by atoms with Gasteiger partial charge in [-0.1, -0.05) is 30.3 Å². The third kappa shape index (κ3) is 3.01. The van der Waals surface area contributed by atoms with Gasteiger partial charge in [-0.2, -0.15) is 5.10 Å². The van der Waals surface area contributed by atoms with Gasteiger partial charge < -0.3 is 10.6 Å². The van der Waals surface area contributed by atoms with Crippen molar-refractivity contribution >= 4 is 23.0 Å². The molecule has 2 rings (SSSR count). The molecular formula is C13H14N4S. The first-order chi connectivity index (χ1) is 8.81. The number of anilines is 1. The Morgan fingerprint density at radius 1 is 1.22 bits per heavy atom. The lowest BCUT2D eigenvalue weighted by molar-refractivity contribution is 0.977. The largest absolute Gasteiger partial charge is 0.363 e. The third-order valence-electron chi connectivity index (χ3n) is 2.35. The van der Waals surface area contributed by atoms with Crippen molar-refractivity contribution in [3.05, 3.63) is 42.6 Å². The standard InChI is InChI=1S/C13H14N4S/c1-2-14-13(18)16-11-8-9-15-17-12(11)10-6-4-3-5-7-10/h3-9H,2H2,1H3,(H2,14,15,16,18). The Morgan fingerprint density at radius 3 is 2.72 bits per heavy atom. The van der Waals surface area contributed by atoms with Crippen LogP contribution >= 0.6 is 12.2 Å². The summed E-state index contributed by atoms with van der Waals surface area (Å²) in [4.78, 5) is 0. The SMILES string of the molecule is CCNC(=S)Nc1ccnnc1-c1ccccc1. The van der Waals surface area contributed by atoms with E-state index < -0.39 is 0 Å². The molecule has 0 aliphatic heterocycles. The van der Waals surface area contributed by atoms with E-state index in [1.54, 1.807) is 6.20 Å². The predicted molar refractivity (Wildman–Crippen MR) is 77.4 cm³/mol. The normalized spacial score (nSPS) is 9.83. The summed E-state index contributed by atoms with van der Waals surface area (Å²) < 4.78 is 0. The average Bonchev–Trinajstić information content (AvgIpc) is 2.40. The Morgan fingerprint density at radius 2 is 2.00 bits per heavy atom. The van der Waals surface area contributed by atoms with Crippen molar-refractivity contribution in [3.8, 4) is 11.3 Å². The molecule has 0 atom stereocenters. The zero-order chi connectivity index (χ0) is 12.8. The number of aromatic nitrogens is 2. The molecule has 0 bridgehead atoms. The Bertz CT molecular complexity index is 528. The maximum Gasteiger partial charge on any atom is 0.170 e. The predicted octanol–water partition coefficient (Wildman–Crippen LogP) is 2.45. The fraction of sp³-hybridized carbons (Fsp3) is 0.154. The fourth-order valence-corrected chi connectivity index (χ4v) is 1.82. The van der Waals surface area contributed by atoms with Crippen LogP contribution in [-0.2, 0) is 0 Å². The van der Waals surface area contributed by atoms with Crippen molar-refractivity contribution in [2.45, 2.75) is 6.92 Å². The van der Waals surface area contributed by atoms with Crippen LogP contribution in [0.25, 0.3) is 11.3 Å². The molecule has 0 saturated carbocycles. The lowest BCUT2D eigenvalue weighted by Gasteiger charge is -2.11. The van der Waals surface area contributed by atoms with Gasteiger partial charge in [0.2, 0.25) is 0 Å². The van der Waals surface area contributed by atoms with Crippen molar-refractivity contribution < 1.29 is 0 Å². The van der Waals surface area contributed by atoms with Crippen LogP contribution in [0.4, 0.5) is 5.69 Å². The van der Waals surface area contributed by atoms with E-state index in [9.17, 15) is 0 Å². The Balaban J connectivity index is 2.29. The Labute approximate surface area is 111 Å². The second-order valence-corrected chi connectivity index (χ2v) is 4.05. The van der Waals surface area contributed by atoms with Gasteiger partial charge in [0.1, 0.15) is 5.69 Å². The van der Waals surface area contributed by atoms with Crippen LogP contribution < -0.4 is 10.6 Å². The quantitative estimate of drug-likeness (QED) is 0.828. The van der Waals surface area contributed by atoms with Crippen LogP contribution in [-0.4, -0.2) is 21.9 Å². The summed E-state index contributed by atoms with van der Waals surface area (Å²) in [7, 11) is 0. The number of rotatable bonds is 3. The third-order valence-corrected chi connectivity index (χ3v) is 2.60. The minimum absolute atomic E-state index is 0.586. The molecule has 1 heterocycles. The van der Waals surface area contributed by atoms with E-state index in [1.165, 1.54) is 0 Å². The molecule has 2 aromatic rings. The van der Waals surface area contributed by atoms with E-state index in [1.807, 2.05) is 43.3 Å². The van der Waals surface area contributed by atoms with E-state index in [4.69, 9.17) is 12.2 Å². The van der Waals surface area contributed by atoms with Crippen LogP contribution in [0, 0.1) is 0 Å². The minimum atomic E-state index is 0.586. The molecule has 0 amide bonds. The van der Waals surface area contributed by atoms with Gasteiger partial charge in [-0.05, 0) is 25.2 Å². The van der Waals surface area contributed by atoms with Gasteiger partial charge in [-0.15, -0.1) is 5.10 Å². The molecule has 0 aliphatic carbocycles. The first-order valence-corrected chi connectivity index (χ1v) is 6.14. The second kappa shape index (κ2) is 6.07. The van der Waals surface area contributed by atoms with Gasteiger partial charge in [-0.25, -0.2) is 0 Å². The lowest BCUT2D eigenvalue weighted by Crippen LogP contribution is -2.28. The molecule has 1 aromatic carbocycles. The smallest absolute Gasteiger partial charge is 0.170 e. The summed E-state index contributed by atoms with van der Waals surface area (Å²) in [5.41, 5.74) is 2.65. The highest BCUT2D eigenvalue weighted by Crippen LogP contribution is 2.23. The van der Waals surface area contributed by atoms with Gasteiger partial charge in [0.25, 0.3) is 0 Å². The van der Waals surface area contributed by atoms with Gasteiger partial charge in [-0.3, -0.25) is 0 Å². The lowest BCUT2D eigenvalue weighted by atomic mass is 10.1. The zero-order valence-corrected chi connectivity index (χ0v) is 10.9. The minimum Gasteiger partial charge on any atom is -0.363 e. The number of nitrogens with zero attached hydrogens (tertiary/aromatic N) is 2. The number of hydrogen-bond acceptors (Lipinski definition) is 3. The maximum atomic E-state index is 5.17. The highest BCUT2D eigenvalue weighted by molar-refractivity contribution is 7.80. The first-order valence-electron chi connectivity index (χ1n) is 5.73. The van der Waals surface area contributed by atoms with Crippen LogP contribution in [0.1, 0.15) is 6.92 Å². The van der Waals surface area contributed by atoms with E-state index in [2.05, 4.69) is 20.8 Å². The molecule has 18 heavy (non-hydrogen) atoms. The van der Waals surface area contributed by atoms with Crippen molar-refractivity contribution in [1.29, 1.82) is 0 Å². The molecule has 0 fully saturated rings. The number of benzene rings is 1. The summed E-state index contributed by atoms with van der Waals surface area (Å²) in [5, 5.41) is 14.8. The van der Waals surface area contributed by atoms with E-state index >= 15 is 0 Å². The van der Waals surface area contributed by atoms with Crippen molar-refractivity contribution in [3.63, 3.8) is 0 Å². The molecule has 0 saturated heterocycles. The van der Waals surface area contributed by atoms with Gasteiger partial charge in [0.15, 0.2) is 5.11 Å². The highest BCUT2D eigenvalue weighted by Gasteiger charge is 2.07. The van der Waals surface area contributed by atoms with Crippen LogP contribution in [0.15, 0.2) is 42.6 Å². The van der Waals surface area contributed by atoms with Crippen LogP contribution in [0.2, 0.25) is 0 Å². The van der Waals surface area contributed by atoms with Crippen LogP contribution in [0.3, 0.4) is 0 Å². The highest BCUT2D eigenvalue weighted by atomic mass is 32.1. The summed E-state index contributed by atoms with van der Waals surface area (Å²) in [5.74, 6) is 0. The summed E-state index contributed by atoms with van der Waals surface area (Å²) in [6.45, 7) is 2.78. The molecule has 4 nitrogen and oxygen atoms in total. The number of hydrogen-bond donors (Lipinski definition) is 2. The zero-order valence-electron chi connectivity index (χ0n) is 10.1. The summed E-state index contributed by atoms with van der Waals surface area (Å²) in [6, 6.07) is 11.7. The maximum absolute atomic E-state index is 5.17. The van der Waals surface area contributed by atoms with Crippen molar-refractivity contribution in [1.82, 2.24) is 15.5 Å². The average molecular weight is 258 g/mol. The van der Waals surface area contributed by atoms with Gasteiger partial charge in [0, 0.05) is 12.1 Å². The van der Waals surface area contributed by atoms with E-state index in [0.717, 1.165) is 23.5 Å².